The molecule has 3 rings (SSSR count). The van der Waals surface area contributed by atoms with Crippen LogP contribution in [0, 0.1) is 23.7 Å². The maximum Gasteiger partial charge on any atom is 0.317 e. The van der Waals surface area contributed by atoms with Crippen LogP contribution in [0.1, 0.15) is 39.5 Å². The number of fused-ring (bicyclic) bond motifs is 1. The number of alkyl halides is 4. The molecule has 8 heteroatoms. The van der Waals surface area contributed by atoms with E-state index >= 15 is 0 Å². The van der Waals surface area contributed by atoms with Crippen LogP contribution in [-0.4, -0.2) is 55.3 Å². The average Bonchev–Trinajstić information content (AvgIpc) is 2.71. The summed E-state index contributed by atoms with van der Waals surface area (Å²) in [5, 5.41) is 5.88. The van der Waals surface area contributed by atoms with Crippen LogP contribution in [0.4, 0.5) is 22.4 Å². The SMILES string of the molecule is C=C1NC=C(C(C)N(C)C(=O)NCC2CC(F)C(F)[C@H](F)C2)C2CCC(F)C(C)[C@@H]12. The Balaban J connectivity index is 1.60. The third-order valence-electron chi connectivity index (χ3n) is 7.31. The van der Waals surface area contributed by atoms with E-state index in [2.05, 4.69) is 17.2 Å². The lowest BCUT2D eigenvalue weighted by atomic mass is 9.65. The van der Waals surface area contributed by atoms with Gasteiger partial charge in [-0.1, -0.05) is 13.5 Å². The molecule has 0 aromatic rings. The molecular weight excluding hydrogens is 398 g/mol. The van der Waals surface area contributed by atoms with Crippen LogP contribution in [0.3, 0.4) is 0 Å². The highest BCUT2D eigenvalue weighted by atomic mass is 19.2. The summed E-state index contributed by atoms with van der Waals surface area (Å²) < 4.78 is 54.8. The van der Waals surface area contributed by atoms with Crippen molar-refractivity contribution in [3.8, 4) is 0 Å². The lowest BCUT2D eigenvalue weighted by molar-refractivity contribution is 0.0184. The number of amides is 2. The standard InChI is InChI=1S/C22H33F4N3O/c1-11-17(23)6-5-15-16(10-27-12(2)20(11)15)13(3)29(4)22(30)28-9-14-7-18(24)21(26)19(25)8-14/h10-11,13-15,17-21,27H,2,5-9H2,1,3-4H3,(H,28,30)/t11?,13?,14?,15?,17?,18-,19?,20+,21?/m1/s1. The summed E-state index contributed by atoms with van der Waals surface area (Å²) >= 11 is 0. The zero-order valence-electron chi connectivity index (χ0n) is 17.9. The van der Waals surface area contributed by atoms with E-state index in [-0.39, 0.29) is 49.2 Å². The summed E-state index contributed by atoms with van der Waals surface area (Å²) in [6.07, 6.45) is -3.73. The number of nitrogens with zero attached hydrogens (tertiary/aromatic N) is 1. The van der Waals surface area contributed by atoms with Crippen LogP contribution < -0.4 is 10.6 Å². The van der Waals surface area contributed by atoms with E-state index < -0.39 is 30.6 Å². The number of nitrogens with one attached hydrogen (secondary N) is 2. The monoisotopic (exact) mass is 431 g/mol. The number of carbonyl (C=O) groups excluding carboxylic acids is 1. The normalized spacial score (nSPS) is 40.0. The first kappa shape index (κ1) is 22.9. The number of carbonyl (C=O) groups is 1. The Kier molecular flexibility index (Phi) is 7.02. The first-order valence-corrected chi connectivity index (χ1v) is 10.8. The quantitative estimate of drug-likeness (QED) is 0.647. The van der Waals surface area contributed by atoms with Crippen molar-refractivity contribution in [1.29, 1.82) is 0 Å². The molecule has 0 radical (unpaired) electrons. The van der Waals surface area contributed by atoms with Gasteiger partial charge in [0, 0.05) is 31.4 Å². The maximum absolute atomic E-state index is 14.3. The zero-order chi connectivity index (χ0) is 22.2. The van der Waals surface area contributed by atoms with E-state index in [1.165, 1.54) is 0 Å². The van der Waals surface area contributed by atoms with Gasteiger partial charge in [0.2, 0.25) is 0 Å². The second-order valence-electron chi connectivity index (χ2n) is 9.19. The molecule has 0 aromatic carbocycles. The molecule has 30 heavy (non-hydrogen) atoms. The maximum atomic E-state index is 14.3. The summed E-state index contributed by atoms with van der Waals surface area (Å²) in [5.41, 5.74) is 1.83. The van der Waals surface area contributed by atoms with Gasteiger partial charge in [0.25, 0.3) is 0 Å². The lowest BCUT2D eigenvalue weighted by Gasteiger charge is -2.45. The van der Waals surface area contributed by atoms with Crippen LogP contribution in [0.5, 0.6) is 0 Å². The van der Waals surface area contributed by atoms with E-state index in [1.807, 2.05) is 20.0 Å². The molecule has 2 N–H and O–H groups in total. The van der Waals surface area contributed by atoms with Crippen molar-refractivity contribution in [2.75, 3.05) is 13.6 Å². The van der Waals surface area contributed by atoms with E-state index in [1.54, 1.807) is 11.9 Å². The summed E-state index contributed by atoms with van der Waals surface area (Å²) in [4.78, 5) is 14.2. The zero-order valence-corrected chi connectivity index (χ0v) is 17.9. The second-order valence-corrected chi connectivity index (χ2v) is 9.19. The van der Waals surface area contributed by atoms with Crippen LogP contribution in [0.2, 0.25) is 0 Å². The Morgan fingerprint density at radius 1 is 1.23 bits per heavy atom. The molecule has 1 aliphatic heterocycles. The van der Waals surface area contributed by atoms with Gasteiger partial charge in [-0.05, 0) is 55.9 Å². The van der Waals surface area contributed by atoms with Crippen molar-refractivity contribution in [3.63, 3.8) is 0 Å². The van der Waals surface area contributed by atoms with E-state index in [0.717, 1.165) is 11.3 Å². The fourth-order valence-corrected chi connectivity index (χ4v) is 5.26. The molecule has 1 heterocycles. The van der Waals surface area contributed by atoms with Crippen molar-refractivity contribution < 1.29 is 22.4 Å². The summed E-state index contributed by atoms with van der Waals surface area (Å²) in [5.74, 6) is -0.484. The fraction of sp³-hybridized carbons (Fsp3) is 0.773. The molecule has 0 bridgehead atoms. The van der Waals surface area contributed by atoms with Gasteiger partial charge >= 0.3 is 6.03 Å². The number of allylic oxidation sites excluding steroid dienone is 1. The third kappa shape index (κ3) is 4.47. The minimum atomic E-state index is -2.07. The van der Waals surface area contributed by atoms with Crippen LogP contribution >= 0.6 is 0 Å². The Morgan fingerprint density at radius 2 is 1.87 bits per heavy atom. The molecule has 2 amide bonds. The smallest absolute Gasteiger partial charge is 0.317 e. The molecule has 9 atom stereocenters. The fourth-order valence-electron chi connectivity index (χ4n) is 5.26. The molecule has 7 unspecified atom stereocenters. The number of hydrogen-bond acceptors (Lipinski definition) is 2. The van der Waals surface area contributed by atoms with E-state index in [4.69, 9.17) is 0 Å². The van der Waals surface area contributed by atoms with Gasteiger partial charge in [-0.15, -0.1) is 0 Å². The number of hydrogen-bond donors (Lipinski definition) is 2. The van der Waals surface area contributed by atoms with Crippen molar-refractivity contribution in [1.82, 2.24) is 15.5 Å². The van der Waals surface area contributed by atoms with Crippen molar-refractivity contribution >= 4 is 6.03 Å². The number of urea groups is 1. The molecule has 0 spiro atoms. The molecule has 4 nitrogen and oxygen atoms in total. The van der Waals surface area contributed by atoms with Gasteiger partial charge < -0.3 is 15.5 Å². The van der Waals surface area contributed by atoms with Gasteiger partial charge in [0.1, 0.15) is 18.5 Å². The number of likely N-dealkylation sites (N-methyl/N-ethyl adjacent to an activating group) is 1. The molecule has 0 saturated heterocycles. The van der Waals surface area contributed by atoms with Gasteiger partial charge in [0.05, 0.1) is 6.04 Å². The molecule has 2 saturated carbocycles. The van der Waals surface area contributed by atoms with Crippen molar-refractivity contribution in [2.24, 2.45) is 23.7 Å². The van der Waals surface area contributed by atoms with Crippen LogP contribution in [0.25, 0.3) is 0 Å². The van der Waals surface area contributed by atoms with E-state index in [0.29, 0.717) is 12.8 Å². The van der Waals surface area contributed by atoms with Gasteiger partial charge in [0.15, 0.2) is 6.17 Å². The Bertz CT molecular complexity index is 675. The van der Waals surface area contributed by atoms with E-state index in [9.17, 15) is 22.4 Å². The number of rotatable bonds is 4. The molecular formula is C22H33F4N3O. The Hall–Kier alpha value is -1.73. The largest absolute Gasteiger partial charge is 0.365 e. The molecule has 2 fully saturated rings. The highest BCUT2D eigenvalue weighted by molar-refractivity contribution is 5.74. The molecule has 0 aromatic heterocycles. The first-order valence-electron chi connectivity index (χ1n) is 10.8. The summed E-state index contributed by atoms with van der Waals surface area (Å²) in [7, 11) is 1.66. The average molecular weight is 432 g/mol. The molecule has 3 aliphatic rings. The predicted octanol–water partition coefficient (Wildman–Crippen LogP) is 4.44. The Labute approximate surface area is 176 Å². The second kappa shape index (κ2) is 9.18. The predicted molar refractivity (Wildman–Crippen MR) is 109 cm³/mol. The van der Waals surface area contributed by atoms with Gasteiger partial charge in [-0.2, -0.15) is 0 Å². The Morgan fingerprint density at radius 3 is 2.50 bits per heavy atom. The first-order chi connectivity index (χ1) is 14.1. The highest BCUT2D eigenvalue weighted by Crippen LogP contribution is 2.46. The summed E-state index contributed by atoms with van der Waals surface area (Å²) in [6, 6.07) is -0.601. The third-order valence-corrected chi connectivity index (χ3v) is 7.31. The lowest BCUT2D eigenvalue weighted by Crippen LogP contribution is -2.50. The topological polar surface area (TPSA) is 44.4 Å². The van der Waals surface area contributed by atoms with Crippen molar-refractivity contribution in [3.05, 3.63) is 24.0 Å². The molecule has 170 valence electrons. The highest BCUT2D eigenvalue weighted by Gasteiger charge is 2.44. The van der Waals surface area contributed by atoms with Gasteiger partial charge in [-0.3, -0.25) is 0 Å². The van der Waals surface area contributed by atoms with Crippen molar-refractivity contribution in [2.45, 2.75) is 70.3 Å². The number of halogens is 4. The minimum absolute atomic E-state index is 0.0217. The van der Waals surface area contributed by atoms with Gasteiger partial charge in [-0.25, -0.2) is 22.4 Å². The van der Waals surface area contributed by atoms with Crippen LogP contribution in [0.15, 0.2) is 24.0 Å². The minimum Gasteiger partial charge on any atom is -0.365 e. The molecule has 2 aliphatic carbocycles. The summed E-state index contributed by atoms with van der Waals surface area (Å²) in [6.45, 7) is 7.97. The van der Waals surface area contributed by atoms with Crippen LogP contribution in [-0.2, 0) is 0 Å².